The largest absolute Gasteiger partial charge is 0.441 e. The van der Waals surface area contributed by atoms with Gasteiger partial charge in [0, 0.05) is 6.42 Å². The van der Waals surface area contributed by atoms with Gasteiger partial charge in [-0.1, -0.05) is 6.92 Å². The smallest absolute Gasteiger partial charge is 0.408 e. The monoisotopic (exact) mass is 171 g/mol. The lowest BCUT2D eigenvalue weighted by Gasteiger charge is -2.21. The van der Waals surface area contributed by atoms with Crippen LogP contribution in [-0.2, 0) is 9.53 Å². The third-order valence-electron chi connectivity index (χ3n) is 1.98. The van der Waals surface area contributed by atoms with Crippen molar-refractivity contribution in [1.82, 2.24) is 5.32 Å². The average Bonchev–Trinajstić information content (AvgIpc) is 2.23. The van der Waals surface area contributed by atoms with Crippen LogP contribution in [-0.4, -0.2) is 23.5 Å². The maximum absolute atomic E-state index is 11.3. The van der Waals surface area contributed by atoms with Crippen LogP contribution in [0.15, 0.2) is 0 Å². The van der Waals surface area contributed by atoms with Crippen molar-refractivity contribution in [3.8, 4) is 0 Å². The number of hydrogen-bond acceptors (Lipinski definition) is 3. The van der Waals surface area contributed by atoms with Crippen LogP contribution in [0.4, 0.5) is 4.79 Å². The summed E-state index contributed by atoms with van der Waals surface area (Å²) in [7, 11) is 0. The summed E-state index contributed by atoms with van der Waals surface area (Å²) in [4.78, 5) is 22.1. The van der Waals surface area contributed by atoms with Crippen LogP contribution in [0.25, 0.3) is 0 Å². The molecule has 1 heterocycles. The zero-order valence-electron chi connectivity index (χ0n) is 7.51. The van der Waals surface area contributed by atoms with E-state index in [9.17, 15) is 9.59 Å². The van der Waals surface area contributed by atoms with Crippen molar-refractivity contribution in [2.45, 2.75) is 38.8 Å². The Balaban J connectivity index is 2.78. The van der Waals surface area contributed by atoms with Crippen molar-refractivity contribution in [3.63, 3.8) is 0 Å². The average molecular weight is 171 g/mol. The summed E-state index contributed by atoms with van der Waals surface area (Å²) in [6.45, 7) is 5.22. The second-order valence-electron chi connectivity index (χ2n) is 3.39. The number of nitrogens with one attached hydrogen (secondary N) is 1. The minimum Gasteiger partial charge on any atom is -0.441 e. The predicted octanol–water partition coefficient (Wildman–Crippen LogP) is 0.853. The number of ether oxygens (including phenoxy) is 1. The SMILES string of the molecule is CCC(=O)[C@H]1NC(=O)OC1(C)C. The molecule has 0 radical (unpaired) electrons. The van der Waals surface area contributed by atoms with E-state index in [1.54, 1.807) is 20.8 Å². The zero-order chi connectivity index (χ0) is 9.35. The quantitative estimate of drug-likeness (QED) is 0.670. The summed E-state index contributed by atoms with van der Waals surface area (Å²) in [5.74, 6) is 0.00542. The number of ketones is 1. The maximum atomic E-state index is 11.3. The third kappa shape index (κ3) is 1.42. The Bertz CT molecular complexity index is 222. The number of carbonyl (C=O) groups is 2. The molecule has 0 saturated carbocycles. The van der Waals surface area contributed by atoms with E-state index in [4.69, 9.17) is 4.74 Å². The van der Waals surface area contributed by atoms with Crippen molar-refractivity contribution in [2.75, 3.05) is 0 Å². The molecule has 0 aliphatic carbocycles. The van der Waals surface area contributed by atoms with E-state index >= 15 is 0 Å². The van der Waals surface area contributed by atoms with Crippen LogP contribution < -0.4 is 5.32 Å². The summed E-state index contributed by atoms with van der Waals surface area (Å²) in [6.07, 6.45) is -0.0932. The molecule has 1 rings (SSSR count). The normalized spacial score (nSPS) is 26.2. The number of carbonyl (C=O) groups excluding carboxylic acids is 2. The minimum atomic E-state index is -0.704. The second kappa shape index (κ2) is 2.77. The number of rotatable bonds is 2. The standard InChI is InChI=1S/C8H13NO3/c1-4-5(10)6-8(2,3)12-7(11)9-6/h6H,4H2,1-3H3,(H,9,11)/t6-/m1/s1. The van der Waals surface area contributed by atoms with Crippen molar-refractivity contribution in [2.24, 2.45) is 0 Å². The van der Waals surface area contributed by atoms with Gasteiger partial charge < -0.3 is 10.1 Å². The highest BCUT2D eigenvalue weighted by Crippen LogP contribution is 2.22. The summed E-state index contributed by atoms with van der Waals surface area (Å²) in [5, 5.41) is 2.48. The van der Waals surface area contributed by atoms with Crippen molar-refractivity contribution < 1.29 is 14.3 Å². The Labute approximate surface area is 71.3 Å². The van der Waals surface area contributed by atoms with Gasteiger partial charge in [0.2, 0.25) is 0 Å². The van der Waals surface area contributed by atoms with E-state index in [1.807, 2.05) is 0 Å². The molecule has 0 aromatic carbocycles. The molecule has 1 aliphatic heterocycles. The van der Waals surface area contributed by atoms with E-state index in [1.165, 1.54) is 0 Å². The van der Waals surface area contributed by atoms with Gasteiger partial charge in [-0.3, -0.25) is 4.79 Å². The Morgan fingerprint density at radius 3 is 2.58 bits per heavy atom. The summed E-state index contributed by atoms with van der Waals surface area (Å²) < 4.78 is 4.91. The molecule has 1 fully saturated rings. The first-order valence-electron chi connectivity index (χ1n) is 3.99. The Morgan fingerprint density at radius 2 is 2.25 bits per heavy atom. The maximum Gasteiger partial charge on any atom is 0.408 e. The van der Waals surface area contributed by atoms with E-state index in [0.29, 0.717) is 6.42 Å². The molecule has 1 saturated heterocycles. The molecule has 1 N–H and O–H groups in total. The molecule has 0 bridgehead atoms. The topological polar surface area (TPSA) is 55.4 Å². The number of hydrogen-bond donors (Lipinski definition) is 1. The van der Waals surface area contributed by atoms with Crippen molar-refractivity contribution in [1.29, 1.82) is 0 Å². The van der Waals surface area contributed by atoms with Crippen LogP contribution in [0.1, 0.15) is 27.2 Å². The lowest BCUT2D eigenvalue weighted by Crippen LogP contribution is -2.44. The number of alkyl carbamates (subject to hydrolysis) is 1. The molecule has 0 aromatic rings. The van der Waals surface area contributed by atoms with E-state index in [2.05, 4.69) is 5.32 Å². The van der Waals surface area contributed by atoms with E-state index < -0.39 is 17.7 Å². The molecular formula is C8H13NO3. The fourth-order valence-corrected chi connectivity index (χ4v) is 1.29. The predicted molar refractivity (Wildman–Crippen MR) is 42.8 cm³/mol. The number of amides is 1. The van der Waals surface area contributed by atoms with Crippen molar-refractivity contribution >= 4 is 11.9 Å². The van der Waals surface area contributed by atoms with E-state index in [-0.39, 0.29) is 5.78 Å². The second-order valence-corrected chi connectivity index (χ2v) is 3.39. The summed E-state index contributed by atoms with van der Waals surface area (Å²) in [6, 6.07) is -0.491. The highest BCUT2D eigenvalue weighted by molar-refractivity contribution is 5.90. The van der Waals surface area contributed by atoms with Gasteiger partial charge in [-0.2, -0.15) is 0 Å². The van der Waals surface area contributed by atoms with Gasteiger partial charge in [-0.05, 0) is 13.8 Å². The molecule has 4 nitrogen and oxygen atoms in total. The van der Waals surface area contributed by atoms with Gasteiger partial charge in [0.15, 0.2) is 5.78 Å². The number of Topliss-reactive ketones (excluding diaryl/α,β-unsaturated/α-hetero) is 1. The first-order valence-corrected chi connectivity index (χ1v) is 3.99. The molecule has 0 unspecified atom stereocenters. The minimum absolute atomic E-state index is 0.00542. The van der Waals surface area contributed by atoms with Crippen LogP contribution in [0.5, 0.6) is 0 Å². The molecule has 68 valence electrons. The highest BCUT2D eigenvalue weighted by atomic mass is 16.6. The van der Waals surface area contributed by atoms with Gasteiger partial charge >= 0.3 is 6.09 Å². The van der Waals surface area contributed by atoms with Crippen LogP contribution in [0.3, 0.4) is 0 Å². The Hall–Kier alpha value is -1.06. The van der Waals surface area contributed by atoms with Gasteiger partial charge in [-0.15, -0.1) is 0 Å². The van der Waals surface area contributed by atoms with Crippen molar-refractivity contribution in [3.05, 3.63) is 0 Å². The van der Waals surface area contributed by atoms with Gasteiger partial charge in [-0.25, -0.2) is 4.79 Å². The molecule has 0 aromatic heterocycles. The van der Waals surface area contributed by atoms with Crippen LogP contribution in [0, 0.1) is 0 Å². The van der Waals surface area contributed by atoms with Crippen LogP contribution >= 0.6 is 0 Å². The molecule has 1 atom stereocenters. The van der Waals surface area contributed by atoms with Gasteiger partial charge in [0.1, 0.15) is 11.6 Å². The van der Waals surface area contributed by atoms with E-state index in [0.717, 1.165) is 0 Å². The molecule has 12 heavy (non-hydrogen) atoms. The van der Waals surface area contributed by atoms with Gasteiger partial charge in [0.25, 0.3) is 0 Å². The third-order valence-corrected chi connectivity index (χ3v) is 1.98. The lowest BCUT2D eigenvalue weighted by atomic mass is 9.95. The highest BCUT2D eigenvalue weighted by Gasteiger charge is 2.44. The zero-order valence-corrected chi connectivity index (χ0v) is 7.51. The molecule has 4 heteroatoms. The lowest BCUT2D eigenvalue weighted by molar-refractivity contribution is -0.123. The Kier molecular flexibility index (Phi) is 2.08. The summed E-state index contributed by atoms with van der Waals surface area (Å²) in [5.41, 5.74) is -0.704. The molecular weight excluding hydrogens is 158 g/mol. The first-order chi connectivity index (χ1) is 5.47. The Morgan fingerprint density at radius 1 is 1.67 bits per heavy atom. The number of cyclic esters (lactones) is 1. The fraction of sp³-hybridized carbons (Fsp3) is 0.750. The summed E-state index contributed by atoms with van der Waals surface area (Å²) >= 11 is 0. The molecule has 1 aliphatic rings. The fourth-order valence-electron chi connectivity index (χ4n) is 1.29. The molecule has 1 amide bonds. The molecule has 0 spiro atoms. The van der Waals surface area contributed by atoms with Gasteiger partial charge in [0.05, 0.1) is 0 Å². The van der Waals surface area contributed by atoms with Crippen LogP contribution in [0.2, 0.25) is 0 Å². The first kappa shape index (κ1) is 9.03.